The molecule has 3 unspecified atom stereocenters. The van der Waals surface area contributed by atoms with E-state index in [1.165, 1.54) is 18.2 Å². The van der Waals surface area contributed by atoms with Crippen molar-refractivity contribution in [1.82, 2.24) is 16.2 Å². The maximum Gasteiger partial charge on any atom is 0.248 e. The van der Waals surface area contributed by atoms with Gasteiger partial charge in [-0.2, -0.15) is 0 Å². The molecule has 0 radical (unpaired) electrons. The standard InChI is InChI=1S/C17H19Cl2N3OS2/c18-13-2-1-3-14(19)12(13)8-25-9-16(23)21-22-17(24)20-15-7-10-4-5-11(15)6-10/h1-5,10-11,15H,6-9H2,(H,21,23)(H2,20,22,24). The molecule has 2 aliphatic rings. The van der Waals surface area contributed by atoms with Crippen LogP contribution in [0.1, 0.15) is 18.4 Å². The van der Waals surface area contributed by atoms with Crippen LogP contribution >= 0.6 is 47.2 Å². The Balaban J connectivity index is 1.34. The third-order valence-corrected chi connectivity index (χ3v) is 6.34. The van der Waals surface area contributed by atoms with Crippen LogP contribution in [0.4, 0.5) is 0 Å². The molecule has 1 amide bonds. The molecule has 25 heavy (non-hydrogen) atoms. The van der Waals surface area contributed by atoms with Gasteiger partial charge in [-0.3, -0.25) is 15.6 Å². The van der Waals surface area contributed by atoms with Crippen molar-refractivity contribution < 1.29 is 4.79 Å². The molecule has 3 N–H and O–H groups in total. The number of hydrogen-bond acceptors (Lipinski definition) is 3. The molecule has 1 aromatic rings. The number of carbonyl (C=O) groups is 1. The van der Waals surface area contributed by atoms with Gasteiger partial charge >= 0.3 is 0 Å². The summed E-state index contributed by atoms with van der Waals surface area (Å²) >= 11 is 18.9. The van der Waals surface area contributed by atoms with Gasteiger partial charge in [0.1, 0.15) is 0 Å². The van der Waals surface area contributed by atoms with Crippen molar-refractivity contribution in [2.24, 2.45) is 11.8 Å². The molecule has 1 saturated carbocycles. The molecule has 2 bridgehead atoms. The van der Waals surface area contributed by atoms with Crippen molar-refractivity contribution in [2.45, 2.75) is 24.6 Å². The first-order valence-corrected chi connectivity index (χ1v) is 10.4. The van der Waals surface area contributed by atoms with Crippen LogP contribution in [0.3, 0.4) is 0 Å². The minimum Gasteiger partial charge on any atom is -0.358 e. The van der Waals surface area contributed by atoms with Gasteiger partial charge in [-0.1, -0.05) is 41.4 Å². The van der Waals surface area contributed by atoms with E-state index < -0.39 is 0 Å². The summed E-state index contributed by atoms with van der Waals surface area (Å²) in [5, 5.41) is 4.96. The molecule has 0 aliphatic heterocycles. The van der Waals surface area contributed by atoms with E-state index in [2.05, 4.69) is 28.3 Å². The molecule has 0 saturated heterocycles. The molecule has 134 valence electrons. The van der Waals surface area contributed by atoms with Gasteiger partial charge in [0.05, 0.1) is 5.75 Å². The largest absolute Gasteiger partial charge is 0.358 e. The fourth-order valence-electron chi connectivity index (χ4n) is 3.23. The molecule has 0 heterocycles. The molecule has 0 aromatic heterocycles. The van der Waals surface area contributed by atoms with Crippen LogP contribution in [0, 0.1) is 11.8 Å². The number of benzene rings is 1. The van der Waals surface area contributed by atoms with Crippen LogP contribution in [0.25, 0.3) is 0 Å². The average molecular weight is 416 g/mol. The zero-order chi connectivity index (χ0) is 17.8. The lowest BCUT2D eigenvalue weighted by atomic mass is 10.0. The van der Waals surface area contributed by atoms with Crippen molar-refractivity contribution in [2.75, 3.05) is 5.75 Å². The number of halogens is 2. The highest BCUT2D eigenvalue weighted by atomic mass is 35.5. The Morgan fingerprint density at radius 2 is 1.96 bits per heavy atom. The highest BCUT2D eigenvalue weighted by Crippen LogP contribution is 2.38. The molecule has 1 aromatic carbocycles. The van der Waals surface area contributed by atoms with Crippen LogP contribution in [-0.2, 0) is 10.5 Å². The van der Waals surface area contributed by atoms with Gasteiger partial charge in [-0.25, -0.2) is 0 Å². The Labute approximate surface area is 167 Å². The first kappa shape index (κ1) is 18.8. The van der Waals surface area contributed by atoms with Gasteiger partial charge in [0, 0.05) is 21.8 Å². The predicted octanol–water partition coefficient (Wildman–Crippen LogP) is 3.69. The quantitative estimate of drug-likeness (QED) is 0.388. The lowest BCUT2D eigenvalue weighted by Crippen LogP contribution is -2.50. The summed E-state index contributed by atoms with van der Waals surface area (Å²) in [5.74, 6) is 1.94. The van der Waals surface area contributed by atoms with Crippen LogP contribution in [0.5, 0.6) is 0 Å². The third-order valence-electron chi connectivity index (χ3n) is 4.45. The molecule has 2 aliphatic carbocycles. The number of rotatable bonds is 5. The molecule has 3 atom stereocenters. The summed E-state index contributed by atoms with van der Waals surface area (Å²) in [5.41, 5.74) is 6.24. The van der Waals surface area contributed by atoms with Crippen LogP contribution in [0.2, 0.25) is 10.0 Å². The Bertz CT molecular complexity index is 678. The predicted molar refractivity (Wildman–Crippen MR) is 109 cm³/mol. The second-order valence-electron chi connectivity index (χ2n) is 6.23. The molecule has 4 nitrogen and oxygen atoms in total. The summed E-state index contributed by atoms with van der Waals surface area (Å²) in [6.07, 6.45) is 6.84. The van der Waals surface area contributed by atoms with Gasteiger partial charge in [-0.05, 0) is 54.6 Å². The van der Waals surface area contributed by atoms with Gasteiger partial charge in [0.15, 0.2) is 5.11 Å². The van der Waals surface area contributed by atoms with Gasteiger partial charge in [0.25, 0.3) is 0 Å². The summed E-state index contributed by atoms with van der Waals surface area (Å²) in [7, 11) is 0. The number of fused-ring (bicyclic) bond motifs is 2. The average Bonchev–Trinajstić information content (AvgIpc) is 3.18. The third kappa shape index (κ3) is 5.03. The van der Waals surface area contributed by atoms with E-state index in [9.17, 15) is 4.79 Å². The number of carbonyl (C=O) groups excluding carboxylic acids is 1. The summed E-state index contributed by atoms with van der Waals surface area (Å²) in [6.45, 7) is 0. The Morgan fingerprint density at radius 1 is 1.20 bits per heavy atom. The number of thioether (sulfide) groups is 1. The van der Waals surface area contributed by atoms with Gasteiger partial charge in [-0.15, -0.1) is 11.8 Å². The van der Waals surface area contributed by atoms with Crippen LogP contribution < -0.4 is 16.2 Å². The molecule has 8 heteroatoms. The zero-order valence-electron chi connectivity index (χ0n) is 13.4. The smallest absolute Gasteiger partial charge is 0.248 e. The molecule has 0 spiro atoms. The topological polar surface area (TPSA) is 53.2 Å². The maximum absolute atomic E-state index is 11.9. The first-order chi connectivity index (χ1) is 12.0. The minimum absolute atomic E-state index is 0.148. The van der Waals surface area contributed by atoms with Crippen LogP contribution in [0.15, 0.2) is 30.4 Å². The van der Waals surface area contributed by atoms with E-state index in [4.69, 9.17) is 35.4 Å². The lowest BCUT2D eigenvalue weighted by Gasteiger charge is -2.22. The van der Waals surface area contributed by atoms with E-state index in [-0.39, 0.29) is 11.7 Å². The fourth-order valence-corrected chi connectivity index (χ4v) is 5.00. The number of thiocarbonyl (C=S) groups is 1. The number of amides is 1. The monoisotopic (exact) mass is 415 g/mol. The molecular formula is C17H19Cl2N3OS2. The van der Waals surface area contributed by atoms with E-state index >= 15 is 0 Å². The Kier molecular flexibility index (Phi) is 6.49. The van der Waals surface area contributed by atoms with E-state index in [0.717, 1.165) is 12.0 Å². The first-order valence-electron chi connectivity index (χ1n) is 8.07. The number of hydrazine groups is 1. The summed E-state index contributed by atoms with van der Waals surface area (Å²) in [4.78, 5) is 11.9. The van der Waals surface area contributed by atoms with Gasteiger partial charge in [0.2, 0.25) is 5.91 Å². The van der Waals surface area contributed by atoms with E-state index in [1.54, 1.807) is 18.2 Å². The zero-order valence-corrected chi connectivity index (χ0v) is 16.6. The van der Waals surface area contributed by atoms with E-state index in [1.807, 2.05) is 0 Å². The van der Waals surface area contributed by atoms with Crippen molar-refractivity contribution in [3.05, 3.63) is 46.0 Å². The van der Waals surface area contributed by atoms with Gasteiger partial charge < -0.3 is 5.32 Å². The van der Waals surface area contributed by atoms with Crippen molar-refractivity contribution >= 4 is 58.2 Å². The number of nitrogens with one attached hydrogen (secondary N) is 3. The van der Waals surface area contributed by atoms with Crippen molar-refractivity contribution in [3.8, 4) is 0 Å². The summed E-state index contributed by atoms with van der Waals surface area (Å²) < 4.78 is 0. The normalized spacial score (nSPS) is 23.5. The van der Waals surface area contributed by atoms with Crippen molar-refractivity contribution in [3.63, 3.8) is 0 Å². The lowest BCUT2D eigenvalue weighted by molar-refractivity contribution is -0.119. The number of allylic oxidation sites excluding steroid dienone is 1. The highest BCUT2D eigenvalue weighted by molar-refractivity contribution is 7.99. The minimum atomic E-state index is -0.148. The van der Waals surface area contributed by atoms with Crippen LogP contribution in [-0.4, -0.2) is 22.8 Å². The Hall–Kier alpha value is -0.950. The fraction of sp³-hybridized carbons (Fsp3) is 0.412. The highest BCUT2D eigenvalue weighted by Gasteiger charge is 2.35. The molecular weight excluding hydrogens is 397 g/mol. The van der Waals surface area contributed by atoms with Crippen molar-refractivity contribution in [1.29, 1.82) is 0 Å². The molecule has 3 rings (SSSR count). The Morgan fingerprint density at radius 3 is 2.60 bits per heavy atom. The SMILES string of the molecule is O=C(CSCc1c(Cl)cccc1Cl)NNC(=S)NC1CC2C=CC1C2. The second-order valence-corrected chi connectivity index (χ2v) is 8.43. The molecule has 1 fully saturated rings. The van der Waals surface area contributed by atoms with E-state index in [0.29, 0.717) is 38.8 Å². The summed E-state index contributed by atoms with van der Waals surface area (Å²) in [6, 6.07) is 5.75. The number of hydrogen-bond donors (Lipinski definition) is 3. The maximum atomic E-state index is 11.9. The second kappa shape index (κ2) is 8.62.